The maximum absolute atomic E-state index is 13.1. The van der Waals surface area contributed by atoms with E-state index in [9.17, 15) is 13.2 Å². The van der Waals surface area contributed by atoms with E-state index in [4.69, 9.17) is 0 Å². The minimum atomic E-state index is -3.73. The molecule has 2 aliphatic heterocycles. The van der Waals surface area contributed by atoms with Gasteiger partial charge in [-0.15, -0.1) is 11.8 Å². The van der Waals surface area contributed by atoms with Crippen molar-refractivity contribution in [2.24, 2.45) is 0 Å². The topological polar surface area (TPSA) is 57.7 Å². The number of hydrogen-bond acceptors (Lipinski definition) is 4. The SMILES string of the molecule is O=C(CN1c2cccc3cccc(c23)S1(=O)=O)N1CCSc2ccccc21. The molecule has 3 aromatic rings. The maximum Gasteiger partial charge on any atom is 0.265 e. The van der Waals surface area contributed by atoms with Crippen LogP contribution < -0.4 is 9.21 Å². The van der Waals surface area contributed by atoms with Gasteiger partial charge in [0.15, 0.2) is 0 Å². The number of benzene rings is 3. The first-order chi connectivity index (χ1) is 13.1. The summed E-state index contributed by atoms with van der Waals surface area (Å²) in [4.78, 5) is 16.1. The number of para-hydroxylation sites is 1. The number of amides is 1. The van der Waals surface area contributed by atoms with Gasteiger partial charge in [-0.1, -0.05) is 36.4 Å². The van der Waals surface area contributed by atoms with Crippen molar-refractivity contribution in [3.05, 3.63) is 60.7 Å². The molecule has 0 aromatic heterocycles. The minimum absolute atomic E-state index is 0.199. The standard InChI is InChI=1S/C20H16N2O3S2/c23-19(21-11-12-26-17-9-2-1-7-15(17)21)13-22-16-8-3-5-14-6-4-10-18(20(14)16)27(22,24)25/h1-10H,11-13H2. The molecule has 3 aromatic carbocycles. The summed E-state index contributed by atoms with van der Waals surface area (Å²) in [7, 11) is -3.73. The summed E-state index contributed by atoms with van der Waals surface area (Å²) in [5, 5.41) is 1.56. The van der Waals surface area contributed by atoms with Crippen LogP contribution in [0.5, 0.6) is 0 Å². The lowest BCUT2D eigenvalue weighted by Crippen LogP contribution is -2.43. The van der Waals surface area contributed by atoms with Gasteiger partial charge in [0.25, 0.3) is 10.0 Å². The predicted molar refractivity (Wildman–Crippen MR) is 108 cm³/mol. The van der Waals surface area contributed by atoms with Crippen molar-refractivity contribution in [3.63, 3.8) is 0 Å². The Balaban J connectivity index is 1.54. The van der Waals surface area contributed by atoms with E-state index in [1.807, 2.05) is 42.5 Å². The van der Waals surface area contributed by atoms with Crippen LogP contribution in [0.1, 0.15) is 0 Å². The van der Waals surface area contributed by atoms with E-state index in [0.29, 0.717) is 17.6 Å². The summed E-state index contributed by atoms with van der Waals surface area (Å²) < 4.78 is 27.4. The first kappa shape index (κ1) is 16.6. The number of hydrogen-bond donors (Lipinski definition) is 0. The van der Waals surface area contributed by atoms with Crippen LogP contribution in [0.2, 0.25) is 0 Å². The highest BCUT2D eigenvalue weighted by atomic mass is 32.2. The van der Waals surface area contributed by atoms with E-state index >= 15 is 0 Å². The first-order valence-electron chi connectivity index (χ1n) is 8.64. The van der Waals surface area contributed by atoms with Gasteiger partial charge < -0.3 is 4.90 Å². The molecule has 7 heteroatoms. The average Bonchev–Trinajstić information content (AvgIpc) is 2.91. The summed E-state index contributed by atoms with van der Waals surface area (Å²) >= 11 is 1.71. The fourth-order valence-corrected chi connectivity index (χ4v) is 6.42. The van der Waals surface area contributed by atoms with Gasteiger partial charge in [-0.2, -0.15) is 0 Å². The van der Waals surface area contributed by atoms with Gasteiger partial charge in [0.05, 0.1) is 16.3 Å². The van der Waals surface area contributed by atoms with E-state index in [1.54, 1.807) is 34.9 Å². The molecule has 1 amide bonds. The van der Waals surface area contributed by atoms with Gasteiger partial charge >= 0.3 is 0 Å². The summed E-state index contributed by atoms with van der Waals surface area (Å²) in [5.41, 5.74) is 1.43. The van der Waals surface area contributed by atoms with Gasteiger partial charge in [0.2, 0.25) is 5.91 Å². The average molecular weight is 396 g/mol. The molecule has 27 heavy (non-hydrogen) atoms. The van der Waals surface area contributed by atoms with Crippen LogP contribution in [0, 0.1) is 0 Å². The number of anilines is 2. The molecule has 2 heterocycles. The molecule has 0 bridgehead atoms. The van der Waals surface area contributed by atoms with E-state index < -0.39 is 10.0 Å². The molecule has 0 saturated carbocycles. The van der Waals surface area contributed by atoms with Crippen LogP contribution in [0.15, 0.2) is 70.5 Å². The maximum atomic E-state index is 13.1. The Hall–Kier alpha value is -2.51. The first-order valence-corrected chi connectivity index (χ1v) is 11.1. The Bertz CT molecular complexity index is 1190. The Labute approximate surface area is 161 Å². The summed E-state index contributed by atoms with van der Waals surface area (Å²) in [5.74, 6) is 0.585. The fraction of sp³-hybridized carbons (Fsp3) is 0.150. The Morgan fingerprint density at radius 3 is 2.56 bits per heavy atom. The van der Waals surface area contributed by atoms with Crippen molar-refractivity contribution in [3.8, 4) is 0 Å². The molecule has 0 radical (unpaired) electrons. The molecule has 2 aliphatic rings. The van der Waals surface area contributed by atoms with Crippen molar-refractivity contribution in [1.29, 1.82) is 0 Å². The molecular weight excluding hydrogens is 380 g/mol. The fourth-order valence-electron chi connectivity index (χ4n) is 3.77. The number of carbonyl (C=O) groups is 1. The molecular formula is C20H16N2O3S2. The number of thioether (sulfide) groups is 1. The highest BCUT2D eigenvalue weighted by Gasteiger charge is 2.38. The van der Waals surface area contributed by atoms with Crippen molar-refractivity contribution in [1.82, 2.24) is 0 Å². The van der Waals surface area contributed by atoms with Crippen molar-refractivity contribution < 1.29 is 13.2 Å². The number of rotatable bonds is 2. The van der Waals surface area contributed by atoms with Crippen molar-refractivity contribution in [2.45, 2.75) is 9.79 Å². The van der Waals surface area contributed by atoms with Crippen LogP contribution in [-0.2, 0) is 14.8 Å². The Morgan fingerprint density at radius 1 is 0.963 bits per heavy atom. The van der Waals surface area contributed by atoms with Crippen molar-refractivity contribution >= 4 is 49.8 Å². The molecule has 0 unspecified atom stereocenters. The number of sulfonamides is 1. The molecule has 0 atom stereocenters. The molecule has 136 valence electrons. The molecule has 5 rings (SSSR count). The van der Waals surface area contributed by atoms with Crippen LogP contribution in [0.25, 0.3) is 10.8 Å². The summed E-state index contributed by atoms with van der Waals surface area (Å²) in [6.45, 7) is 0.376. The molecule has 0 saturated heterocycles. The monoisotopic (exact) mass is 396 g/mol. The predicted octanol–water partition coefficient (Wildman–Crippen LogP) is 3.49. The van der Waals surface area contributed by atoms with Crippen LogP contribution in [-0.4, -0.2) is 33.2 Å². The zero-order valence-electron chi connectivity index (χ0n) is 14.3. The highest BCUT2D eigenvalue weighted by molar-refractivity contribution is 7.99. The lowest BCUT2D eigenvalue weighted by atomic mass is 10.1. The van der Waals surface area contributed by atoms with E-state index in [0.717, 1.165) is 21.7 Å². The highest BCUT2D eigenvalue weighted by Crippen LogP contribution is 2.42. The van der Waals surface area contributed by atoms with Crippen LogP contribution in [0.3, 0.4) is 0 Å². The van der Waals surface area contributed by atoms with Gasteiger partial charge in [-0.3, -0.25) is 9.10 Å². The lowest BCUT2D eigenvalue weighted by Gasteiger charge is -2.30. The van der Waals surface area contributed by atoms with Crippen LogP contribution >= 0.6 is 11.8 Å². The number of nitrogens with zero attached hydrogens (tertiary/aromatic N) is 2. The Kier molecular flexibility index (Phi) is 3.70. The zero-order valence-corrected chi connectivity index (χ0v) is 16.0. The van der Waals surface area contributed by atoms with E-state index in [2.05, 4.69) is 0 Å². The number of carbonyl (C=O) groups excluding carboxylic acids is 1. The summed E-state index contributed by atoms with van der Waals surface area (Å²) in [6, 6.07) is 18.5. The molecule has 0 spiro atoms. The van der Waals surface area contributed by atoms with E-state index in [-0.39, 0.29) is 17.3 Å². The minimum Gasteiger partial charge on any atom is -0.309 e. The second-order valence-corrected chi connectivity index (χ2v) is 9.47. The molecule has 5 nitrogen and oxygen atoms in total. The third-order valence-electron chi connectivity index (χ3n) is 4.99. The van der Waals surface area contributed by atoms with Gasteiger partial charge in [0, 0.05) is 22.6 Å². The molecule has 0 fully saturated rings. The quantitative estimate of drug-likeness (QED) is 0.665. The zero-order chi connectivity index (χ0) is 18.6. The van der Waals surface area contributed by atoms with Gasteiger partial charge in [-0.25, -0.2) is 8.42 Å². The Morgan fingerprint density at radius 2 is 1.70 bits per heavy atom. The third kappa shape index (κ3) is 2.45. The smallest absolute Gasteiger partial charge is 0.265 e. The molecule has 0 N–H and O–H groups in total. The van der Waals surface area contributed by atoms with Gasteiger partial charge in [0.1, 0.15) is 6.54 Å². The lowest BCUT2D eigenvalue weighted by molar-refractivity contribution is -0.117. The van der Waals surface area contributed by atoms with E-state index in [1.165, 1.54) is 4.31 Å². The van der Waals surface area contributed by atoms with Crippen molar-refractivity contribution in [2.75, 3.05) is 28.0 Å². The van der Waals surface area contributed by atoms with Gasteiger partial charge in [-0.05, 0) is 29.7 Å². The van der Waals surface area contributed by atoms with Crippen LogP contribution in [0.4, 0.5) is 11.4 Å². The largest absolute Gasteiger partial charge is 0.309 e. The summed E-state index contributed by atoms with van der Waals surface area (Å²) in [6.07, 6.45) is 0. The third-order valence-corrected chi connectivity index (χ3v) is 7.83. The number of fused-ring (bicyclic) bond motifs is 1. The normalized spacial score (nSPS) is 17.2. The second-order valence-electron chi connectivity index (χ2n) is 6.50. The second kappa shape index (κ2) is 6.00. The molecule has 0 aliphatic carbocycles.